The smallest absolute Gasteiger partial charge is 0.191 e. The van der Waals surface area contributed by atoms with Crippen LogP contribution in [0.1, 0.15) is 39.0 Å². The van der Waals surface area contributed by atoms with E-state index in [9.17, 15) is 0 Å². The Morgan fingerprint density at radius 2 is 1.94 bits per heavy atom. The van der Waals surface area contributed by atoms with Crippen LogP contribution in [-0.4, -0.2) is 38.1 Å². The number of aliphatic imine (C=N–C) groups is 1. The fraction of sp³-hybridized carbons (Fsp3) is 0.923. The normalized spacial score (nSPS) is 18.3. The average molecular weight is 385 g/mol. The molecule has 2 N–H and O–H groups in total. The van der Waals surface area contributed by atoms with E-state index >= 15 is 0 Å². The van der Waals surface area contributed by atoms with Gasteiger partial charge >= 0.3 is 0 Å². The summed E-state index contributed by atoms with van der Waals surface area (Å²) < 4.78 is 0. The topological polar surface area (TPSA) is 36.4 Å². The van der Waals surface area contributed by atoms with Gasteiger partial charge in [-0.25, -0.2) is 0 Å². The third-order valence-electron chi connectivity index (χ3n) is 3.87. The molecule has 0 spiro atoms. The first-order chi connectivity index (χ1) is 8.26. The summed E-state index contributed by atoms with van der Waals surface area (Å²) in [5.74, 6) is 2.08. The van der Waals surface area contributed by atoms with Gasteiger partial charge in [0.15, 0.2) is 5.96 Å². The minimum absolute atomic E-state index is 0. The van der Waals surface area contributed by atoms with Gasteiger partial charge in [0.2, 0.25) is 0 Å². The molecule has 0 saturated heterocycles. The van der Waals surface area contributed by atoms with Gasteiger partial charge in [-0.2, -0.15) is 11.8 Å². The second-order valence-corrected chi connectivity index (χ2v) is 5.89. The zero-order valence-corrected chi connectivity index (χ0v) is 15.1. The van der Waals surface area contributed by atoms with Crippen LogP contribution in [0.5, 0.6) is 0 Å². The maximum atomic E-state index is 4.27. The van der Waals surface area contributed by atoms with E-state index in [1.807, 2.05) is 18.8 Å². The van der Waals surface area contributed by atoms with E-state index in [1.54, 1.807) is 0 Å². The van der Waals surface area contributed by atoms with Gasteiger partial charge in [-0.3, -0.25) is 4.99 Å². The van der Waals surface area contributed by atoms with E-state index in [-0.39, 0.29) is 24.0 Å². The Balaban J connectivity index is 0.00000289. The maximum Gasteiger partial charge on any atom is 0.191 e. The molecule has 3 nitrogen and oxygen atoms in total. The second kappa shape index (κ2) is 10.2. The third kappa shape index (κ3) is 5.99. The summed E-state index contributed by atoms with van der Waals surface area (Å²) in [6.07, 6.45) is 8.95. The number of hydrogen-bond acceptors (Lipinski definition) is 2. The molecule has 0 aromatic rings. The van der Waals surface area contributed by atoms with Crippen molar-refractivity contribution < 1.29 is 0 Å². The average Bonchev–Trinajstić information content (AvgIpc) is 2.83. The molecule has 1 fully saturated rings. The first-order valence-electron chi connectivity index (χ1n) is 6.70. The summed E-state index contributed by atoms with van der Waals surface area (Å²) in [4.78, 5) is 4.27. The van der Waals surface area contributed by atoms with Crippen LogP contribution in [0.25, 0.3) is 0 Å². The predicted octanol–water partition coefficient (Wildman–Crippen LogP) is 3.10. The minimum Gasteiger partial charge on any atom is -0.356 e. The molecule has 18 heavy (non-hydrogen) atoms. The van der Waals surface area contributed by atoms with Gasteiger partial charge in [-0.05, 0) is 30.9 Å². The summed E-state index contributed by atoms with van der Waals surface area (Å²) in [7, 11) is 1.85. The monoisotopic (exact) mass is 385 g/mol. The Kier molecular flexibility index (Phi) is 10.4. The van der Waals surface area contributed by atoms with Crippen LogP contribution in [0.3, 0.4) is 0 Å². The van der Waals surface area contributed by atoms with Crippen molar-refractivity contribution in [3.05, 3.63) is 0 Å². The van der Waals surface area contributed by atoms with Crippen molar-refractivity contribution in [1.29, 1.82) is 0 Å². The van der Waals surface area contributed by atoms with E-state index in [0.717, 1.165) is 24.8 Å². The molecule has 0 aliphatic heterocycles. The molecule has 1 rings (SSSR count). The maximum absolute atomic E-state index is 4.27. The summed E-state index contributed by atoms with van der Waals surface area (Å²) in [5, 5.41) is 6.85. The zero-order valence-electron chi connectivity index (χ0n) is 11.9. The minimum atomic E-state index is 0. The SMILES string of the molecule is CCC1(CNC(=NC)NCCSC)CCCC1.I. The summed E-state index contributed by atoms with van der Waals surface area (Å²) in [5.41, 5.74) is 0.525. The molecule has 1 aliphatic rings. The Morgan fingerprint density at radius 1 is 1.28 bits per heavy atom. The van der Waals surface area contributed by atoms with E-state index in [0.29, 0.717) is 5.41 Å². The van der Waals surface area contributed by atoms with Crippen LogP contribution in [0.15, 0.2) is 4.99 Å². The number of rotatable bonds is 6. The quantitative estimate of drug-likeness (QED) is 0.319. The van der Waals surface area contributed by atoms with Gasteiger partial charge in [0.05, 0.1) is 0 Å². The fourth-order valence-electron chi connectivity index (χ4n) is 2.54. The second-order valence-electron chi connectivity index (χ2n) is 4.91. The largest absolute Gasteiger partial charge is 0.356 e. The number of thioether (sulfide) groups is 1. The highest BCUT2D eigenvalue weighted by atomic mass is 127. The molecular formula is C13H28IN3S. The van der Waals surface area contributed by atoms with Crippen molar-refractivity contribution in [3.63, 3.8) is 0 Å². The van der Waals surface area contributed by atoms with E-state index in [2.05, 4.69) is 28.8 Å². The molecule has 108 valence electrons. The zero-order chi connectivity index (χ0) is 12.6. The van der Waals surface area contributed by atoms with E-state index in [1.165, 1.54) is 32.1 Å². The van der Waals surface area contributed by atoms with Crippen molar-refractivity contribution in [2.45, 2.75) is 39.0 Å². The third-order valence-corrected chi connectivity index (χ3v) is 4.48. The fourth-order valence-corrected chi connectivity index (χ4v) is 2.85. The van der Waals surface area contributed by atoms with Crippen LogP contribution in [0.4, 0.5) is 0 Å². The Morgan fingerprint density at radius 3 is 2.44 bits per heavy atom. The lowest BCUT2D eigenvalue weighted by atomic mass is 9.83. The van der Waals surface area contributed by atoms with Crippen LogP contribution < -0.4 is 10.6 Å². The van der Waals surface area contributed by atoms with Gasteiger partial charge in [0, 0.05) is 25.9 Å². The van der Waals surface area contributed by atoms with Crippen molar-refractivity contribution in [1.82, 2.24) is 10.6 Å². The van der Waals surface area contributed by atoms with Crippen LogP contribution in [0.2, 0.25) is 0 Å². The predicted molar refractivity (Wildman–Crippen MR) is 94.4 cm³/mol. The highest BCUT2D eigenvalue weighted by Crippen LogP contribution is 2.40. The molecule has 0 aromatic heterocycles. The Bertz CT molecular complexity index is 240. The Hall–Kier alpha value is 0.350. The van der Waals surface area contributed by atoms with Gasteiger partial charge in [-0.15, -0.1) is 24.0 Å². The van der Waals surface area contributed by atoms with Crippen molar-refractivity contribution in [2.24, 2.45) is 10.4 Å². The van der Waals surface area contributed by atoms with Crippen molar-refractivity contribution in [3.8, 4) is 0 Å². The molecule has 0 aromatic carbocycles. The first kappa shape index (κ1) is 18.4. The molecule has 0 atom stereocenters. The first-order valence-corrected chi connectivity index (χ1v) is 8.09. The molecule has 0 radical (unpaired) electrons. The molecule has 0 bridgehead atoms. The summed E-state index contributed by atoms with van der Waals surface area (Å²) in [6.45, 7) is 4.37. The lowest BCUT2D eigenvalue weighted by Crippen LogP contribution is -2.43. The molecule has 1 saturated carbocycles. The van der Waals surface area contributed by atoms with Gasteiger partial charge in [0.25, 0.3) is 0 Å². The summed E-state index contributed by atoms with van der Waals surface area (Å²) >= 11 is 1.86. The number of halogens is 1. The molecule has 0 amide bonds. The number of nitrogens with zero attached hydrogens (tertiary/aromatic N) is 1. The van der Waals surface area contributed by atoms with Crippen molar-refractivity contribution >= 4 is 41.7 Å². The number of nitrogens with one attached hydrogen (secondary N) is 2. The van der Waals surface area contributed by atoms with Crippen molar-refractivity contribution in [2.75, 3.05) is 32.1 Å². The molecule has 0 unspecified atom stereocenters. The number of guanidine groups is 1. The molecule has 1 aliphatic carbocycles. The molecule has 0 heterocycles. The lowest BCUT2D eigenvalue weighted by molar-refractivity contribution is 0.283. The van der Waals surface area contributed by atoms with E-state index in [4.69, 9.17) is 0 Å². The molecule has 5 heteroatoms. The van der Waals surface area contributed by atoms with Gasteiger partial charge in [0.1, 0.15) is 0 Å². The van der Waals surface area contributed by atoms with Crippen LogP contribution >= 0.6 is 35.7 Å². The highest BCUT2D eigenvalue weighted by Gasteiger charge is 2.31. The standard InChI is InChI=1S/C13H27N3S.HI/c1-4-13(7-5-6-8-13)11-16-12(14-2)15-9-10-17-3;/h4-11H2,1-3H3,(H2,14,15,16);1H. The lowest BCUT2D eigenvalue weighted by Gasteiger charge is -2.28. The van der Waals surface area contributed by atoms with E-state index < -0.39 is 0 Å². The van der Waals surface area contributed by atoms with Crippen LogP contribution in [0, 0.1) is 5.41 Å². The van der Waals surface area contributed by atoms with Gasteiger partial charge in [-0.1, -0.05) is 19.8 Å². The highest BCUT2D eigenvalue weighted by molar-refractivity contribution is 14.0. The Labute approximate surface area is 133 Å². The molecular weight excluding hydrogens is 357 g/mol. The summed E-state index contributed by atoms with van der Waals surface area (Å²) in [6, 6.07) is 0. The van der Waals surface area contributed by atoms with Gasteiger partial charge < -0.3 is 10.6 Å². The number of hydrogen-bond donors (Lipinski definition) is 2. The van der Waals surface area contributed by atoms with Crippen LogP contribution in [-0.2, 0) is 0 Å².